The minimum Gasteiger partial charge on any atom is -0.454 e. The van der Waals surface area contributed by atoms with Gasteiger partial charge in [0.1, 0.15) is 0 Å². The minimum absolute atomic E-state index is 0.0467. The second-order valence-electron chi connectivity index (χ2n) is 9.26. The van der Waals surface area contributed by atoms with E-state index in [2.05, 4.69) is 29.2 Å². The van der Waals surface area contributed by atoms with Gasteiger partial charge in [0, 0.05) is 25.0 Å². The van der Waals surface area contributed by atoms with Crippen molar-refractivity contribution >= 4 is 0 Å². The van der Waals surface area contributed by atoms with Crippen LogP contribution in [0.1, 0.15) is 41.9 Å². The molecule has 0 amide bonds. The molecule has 3 heterocycles. The predicted octanol–water partition coefficient (Wildman–Crippen LogP) is 3.11. The topological polar surface area (TPSA) is 71.4 Å². The summed E-state index contributed by atoms with van der Waals surface area (Å²) in [6.07, 6.45) is 3.01. The molecule has 0 radical (unpaired) electrons. The summed E-state index contributed by atoms with van der Waals surface area (Å²) in [5, 5.41) is 21.7. The zero-order chi connectivity index (χ0) is 21.7. The van der Waals surface area contributed by atoms with Crippen LogP contribution < -0.4 is 9.47 Å². The molecule has 32 heavy (non-hydrogen) atoms. The number of ether oxygens (including phenoxy) is 3. The molecule has 0 spiro atoms. The molecule has 6 rings (SSSR count). The maximum atomic E-state index is 11.0. The average Bonchev–Trinajstić information content (AvgIpc) is 3.42. The van der Waals surface area contributed by atoms with Gasteiger partial charge in [-0.05, 0) is 54.5 Å². The van der Waals surface area contributed by atoms with Crippen LogP contribution in [0.25, 0.3) is 0 Å². The lowest BCUT2D eigenvalue weighted by Crippen LogP contribution is -2.51. The van der Waals surface area contributed by atoms with E-state index in [9.17, 15) is 10.2 Å². The molecule has 168 valence electrons. The van der Waals surface area contributed by atoms with E-state index in [-0.39, 0.29) is 18.8 Å². The quantitative estimate of drug-likeness (QED) is 0.537. The van der Waals surface area contributed by atoms with E-state index in [4.69, 9.17) is 14.2 Å². The largest absolute Gasteiger partial charge is 0.454 e. The van der Waals surface area contributed by atoms with E-state index in [1.807, 2.05) is 24.3 Å². The Morgan fingerprint density at radius 3 is 2.78 bits per heavy atom. The van der Waals surface area contributed by atoms with Crippen LogP contribution in [0.3, 0.4) is 0 Å². The van der Waals surface area contributed by atoms with Crippen molar-refractivity contribution in [3.05, 3.63) is 70.8 Å². The van der Waals surface area contributed by atoms with Crippen molar-refractivity contribution in [2.75, 3.05) is 13.3 Å². The Balaban J connectivity index is 1.24. The highest BCUT2D eigenvalue weighted by atomic mass is 16.7. The zero-order valence-electron chi connectivity index (χ0n) is 18.0. The summed E-state index contributed by atoms with van der Waals surface area (Å²) in [6, 6.07) is 14.6. The molecule has 5 atom stereocenters. The van der Waals surface area contributed by atoms with Crippen LogP contribution in [0.5, 0.6) is 11.5 Å². The van der Waals surface area contributed by atoms with E-state index in [0.717, 1.165) is 49.4 Å². The van der Waals surface area contributed by atoms with Crippen LogP contribution in [-0.4, -0.2) is 53.0 Å². The molecule has 6 nitrogen and oxygen atoms in total. The predicted molar refractivity (Wildman–Crippen MR) is 118 cm³/mol. The highest BCUT2D eigenvalue weighted by molar-refractivity contribution is 5.53. The fourth-order valence-electron chi connectivity index (χ4n) is 5.87. The lowest BCUT2D eigenvalue weighted by molar-refractivity contribution is -0.175. The molecule has 6 heteroatoms. The van der Waals surface area contributed by atoms with Gasteiger partial charge in [0.15, 0.2) is 17.8 Å². The molecule has 4 aliphatic rings. The van der Waals surface area contributed by atoms with Gasteiger partial charge in [-0.1, -0.05) is 42.0 Å². The van der Waals surface area contributed by atoms with Crippen LogP contribution >= 0.6 is 0 Å². The van der Waals surface area contributed by atoms with Crippen LogP contribution in [0.15, 0.2) is 54.1 Å². The fraction of sp³-hybridized carbons (Fsp3) is 0.462. The Kier molecular flexibility index (Phi) is 5.18. The number of aliphatic hydroxyl groups is 2. The van der Waals surface area contributed by atoms with Gasteiger partial charge >= 0.3 is 0 Å². The molecule has 0 saturated carbocycles. The molecular formula is C26H29NO5. The second kappa shape index (κ2) is 8.19. The van der Waals surface area contributed by atoms with Crippen LogP contribution in [0.2, 0.25) is 0 Å². The third-order valence-corrected chi connectivity index (χ3v) is 7.32. The zero-order valence-corrected chi connectivity index (χ0v) is 18.0. The van der Waals surface area contributed by atoms with Crippen molar-refractivity contribution < 1.29 is 24.4 Å². The van der Waals surface area contributed by atoms with Gasteiger partial charge in [-0.3, -0.25) is 4.90 Å². The van der Waals surface area contributed by atoms with Crippen LogP contribution in [0.4, 0.5) is 0 Å². The molecule has 2 aromatic carbocycles. The first-order chi connectivity index (χ1) is 15.7. The van der Waals surface area contributed by atoms with Gasteiger partial charge in [0.05, 0.1) is 12.2 Å². The minimum atomic E-state index is -0.914. The molecule has 5 unspecified atom stereocenters. The maximum Gasteiger partial charge on any atom is 0.231 e. The van der Waals surface area contributed by atoms with Gasteiger partial charge in [-0.15, -0.1) is 0 Å². The van der Waals surface area contributed by atoms with Crippen molar-refractivity contribution in [1.29, 1.82) is 0 Å². The Morgan fingerprint density at radius 2 is 1.94 bits per heavy atom. The Hall–Kier alpha value is -2.38. The molecule has 1 aliphatic carbocycles. The first-order valence-electron chi connectivity index (χ1n) is 11.6. The van der Waals surface area contributed by atoms with Crippen molar-refractivity contribution in [2.45, 2.75) is 62.7 Å². The van der Waals surface area contributed by atoms with Crippen molar-refractivity contribution in [1.82, 2.24) is 4.90 Å². The van der Waals surface area contributed by atoms with Crippen molar-refractivity contribution in [2.24, 2.45) is 0 Å². The SMILES string of the molecule is OC(CCCc1ccccc1)OC1C(O)C=C2CCN3Cc4cc5c(cc4C1C23)OCO5. The van der Waals surface area contributed by atoms with Crippen molar-refractivity contribution in [3.63, 3.8) is 0 Å². The summed E-state index contributed by atoms with van der Waals surface area (Å²) in [5.74, 6) is 1.49. The first-order valence-corrected chi connectivity index (χ1v) is 11.6. The molecule has 3 aliphatic heterocycles. The lowest BCUT2D eigenvalue weighted by atomic mass is 9.73. The van der Waals surface area contributed by atoms with E-state index >= 15 is 0 Å². The standard InChI is InChI=1S/C26H29NO5/c28-20-11-17-9-10-27-14-18-12-21-22(31-15-30-21)13-19(18)24(25(17)27)26(20)32-23(29)8-4-7-16-5-2-1-3-6-16/h1-3,5-6,11-13,20,23-26,28-29H,4,7-10,14-15H2. The molecule has 2 aromatic rings. The molecule has 1 fully saturated rings. The number of aryl methyl sites for hydroxylation is 1. The Labute approximate surface area is 188 Å². The molecule has 0 aromatic heterocycles. The summed E-state index contributed by atoms with van der Waals surface area (Å²) in [5.41, 5.74) is 4.87. The molecule has 0 bridgehead atoms. The third-order valence-electron chi connectivity index (χ3n) is 7.32. The fourth-order valence-corrected chi connectivity index (χ4v) is 5.87. The highest BCUT2D eigenvalue weighted by Gasteiger charge is 2.50. The van der Waals surface area contributed by atoms with Gasteiger partial charge in [-0.25, -0.2) is 0 Å². The molecule has 2 N–H and O–H groups in total. The number of nitrogens with zero attached hydrogens (tertiary/aromatic N) is 1. The Bertz CT molecular complexity index is 1020. The Morgan fingerprint density at radius 1 is 1.12 bits per heavy atom. The summed E-state index contributed by atoms with van der Waals surface area (Å²) in [4.78, 5) is 2.46. The third kappa shape index (κ3) is 3.52. The van der Waals surface area contributed by atoms with Gasteiger partial charge < -0.3 is 24.4 Å². The van der Waals surface area contributed by atoms with Gasteiger partial charge in [-0.2, -0.15) is 0 Å². The summed E-state index contributed by atoms with van der Waals surface area (Å²) >= 11 is 0. The van der Waals surface area contributed by atoms with Gasteiger partial charge in [0.25, 0.3) is 0 Å². The molecule has 1 saturated heterocycles. The summed E-state index contributed by atoms with van der Waals surface area (Å²) in [7, 11) is 0. The lowest BCUT2D eigenvalue weighted by Gasteiger charge is -2.46. The number of hydrogen-bond acceptors (Lipinski definition) is 6. The summed E-state index contributed by atoms with van der Waals surface area (Å²) in [6.45, 7) is 2.07. The maximum absolute atomic E-state index is 11.0. The number of aliphatic hydroxyl groups excluding tert-OH is 2. The monoisotopic (exact) mass is 435 g/mol. The van der Waals surface area contributed by atoms with Crippen LogP contribution in [0, 0.1) is 0 Å². The van der Waals surface area contributed by atoms with Crippen LogP contribution in [-0.2, 0) is 17.7 Å². The van der Waals surface area contributed by atoms with Crippen molar-refractivity contribution in [3.8, 4) is 11.5 Å². The number of rotatable bonds is 6. The number of hydrogen-bond donors (Lipinski definition) is 2. The van der Waals surface area contributed by atoms with Gasteiger partial charge in [0.2, 0.25) is 6.79 Å². The van der Waals surface area contributed by atoms with E-state index in [1.165, 1.54) is 16.7 Å². The average molecular weight is 436 g/mol. The number of benzene rings is 2. The number of fused-ring (bicyclic) bond motifs is 3. The van der Waals surface area contributed by atoms with E-state index < -0.39 is 18.5 Å². The normalized spacial score (nSPS) is 28.8. The van der Waals surface area contributed by atoms with E-state index in [0.29, 0.717) is 6.42 Å². The first kappa shape index (κ1) is 20.2. The molecular weight excluding hydrogens is 406 g/mol. The summed E-state index contributed by atoms with van der Waals surface area (Å²) < 4.78 is 17.4. The van der Waals surface area contributed by atoms with E-state index in [1.54, 1.807) is 0 Å². The highest BCUT2D eigenvalue weighted by Crippen LogP contribution is 2.50. The second-order valence-corrected chi connectivity index (χ2v) is 9.26. The smallest absolute Gasteiger partial charge is 0.231 e.